The molecule has 2 heterocycles. The van der Waals surface area contributed by atoms with Crippen LogP contribution < -0.4 is 5.32 Å². The fraction of sp³-hybridized carbons (Fsp3) is 0.533. The highest BCUT2D eigenvalue weighted by molar-refractivity contribution is 5.35. The first-order valence-corrected chi connectivity index (χ1v) is 7.47. The van der Waals surface area contributed by atoms with E-state index >= 15 is 0 Å². The molecule has 1 aromatic carbocycles. The second kappa shape index (κ2) is 6.32. The normalized spacial score (nSPS) is 20.8. The average Bonchev–Trinajstić information content (AvgIpc) is 3.16. The third kappa shape index (κ3) is 3.46. The van der Waals surface area contributed by atoms with Crippen molar-refractivity contribution in [2.45, 2.75) is 19.4 Å². The quantitative estimate of drug-likeness (QED) is 0.897. The smallest absolute Gasteiger partial charge is 0.143 e. The lowest BCUT2D eigenvalue weighted by Crippen LogP contribution is -2.27. The highest BCUT2D eigenvalue weighted by atomic mass is 15.5. The van der Waals surface area contributed by atoms with Crippen molar-refractivity contribution < 1.29 is 0 Å². The summed E-state index contributed by atoms with van der Waals surface area (Å²) in [5.74, 6) is 0.764. The molecule has 3 rings (SSSR count). The summed E-state index contributed by atoms with van der Waals surface area (Å²) < 4.78 is 1.68. The highest BCUT2D eigenvalue weighted by Gasteiger charge is 2.19. The second-order valence-corrected chi connectivity index (χ2v) is 5.90. The summed E-state index contributed by atoms with van der Waals surface area (Å²) in [6, 6.07) is 8.67. The molecule has 2 aromatic rings. The fourth-order valence-electron chi connectivity index (χ4n) is 2.87. The molecule has 1 aromatic heterocycles. The monoisotopic (exact) mass is 286 g/mol. The van der Waals surface area contributed by atoms with Gasteiger partial charge in [-0.15, -0.1) is 5.10 Å². The molecule has 6 heteroatoms. The Bertz CT molecular complexity index is 567. The van der Waals surface area contributed by atoms with Gasteiger partial charge in [-0.1, -0.05) is 12.1 Å². The number of aromatic nitrogens is 4. The molecule has 1 N–H and O–H groups in total. The molecular formula is C15H22N6. The van der Waals surface area contributed by atoms with Crippen LogP contribution in [0.3, 0.4) is 0 Å². The molecule has 1 saturated heterocycles. The van der Waals surface area contributed by atoms with E-state index in [9.17, 15) is 0 Å². The maximum atomic E-state index is 3.93. The molecule has 0 amide bonds. The van der Waals surface area contributed by atoms with Crippen molar-refractivity contribution in [3.63, 3.8) is 0 Å². The molecule has 6 nitrogen and oxygen atoms in total. The van der Waals surface area contributed by atoms with Crippen LogP contribution in [0.15, 0.2) is 30.6 Å². The van der Waals surface area contributed by atoms with Gasteiger partial charge in [-0.25, -0.2) is 4.68 Å². The number of hydrogen-bond donors (Lipinski definition) is 1. The lowest BCUT2D eigenvalue weighted by Gasteiger charge is -2.18. The first-order chi connectivity index (χ1) is 10.2. The van der Waals surface area contributed by atoms with E-state index in [0.29, 0.717) is 6.04 Å². The van der Waals surface area contributed by atoms with Gasteiger partial charge in [-0.3, -0.25) is 0 Å². The predicted molar refractivity (Wildman–Crippen MR) is 81.2 cm³/mol. The summed E-state index contributed by atoms with van der Waals surface area (Å²) in [5, 5.41) is 14.9. The van der Waals surface area contributed by atoms with Crippen molar-refractivity contribution in [1.29, 1.82) is 0 Å². The average molecular weight is 286 g/mol. The zero-order chi connectivity index (χ0) is 14.7. The minimum absolute atomic E-state index is 0.326. The molecule has 0 aliphatic carbocycles. The Morgan fingerprint density at radius 2 is 2.33 bits per heavy atom. The van der Waals surface area contributed by atoms with Crippen molar-refractivity contribution in [3.8, 4) is 5.69 Å². The van der Waals surface area contributed by atoms with Gasteiger partial charge < -0.3 is 10.2 Å². The van der Waals surface area contributed by atoms with E-state index in [0.717, 1.165) is 18.2 Å². The summed E-state index contributed by atoms with van der Waals surface area (Å²) >= 11 is 0. The van der Waals surface area contributed by atoms with Gasteiger partial charge in [0.05, 0.1) is 5.69 Å². The molecule has 0 spiro atoms. The van der Waals surface area contributed by atoms with Crippen molar-refractivity contribution in [3.05, 3.63) is 36.2 Å². The second-order valence-electron chi connectivity index (χ2n) is 5.90. The number of benzene rings is 1. The fourth-order valence-corrected chi connectivity index (χ4v) is 2.87. The van der Waals surface area contributed by atoms with Crippen LogP contribution >= 0.6 is 0 Å². The number of rotatable bonds is 5. The number of hydrogen-bond acceptors (Lipinski definition) is 5. The van der Waals surface area contributed by atoms with Gasteiger partial charge in [-0.2, -0.15) is 0 Å². The number of likely N-dealkylation sites (tertiary alicyclic amines) is 1. The van der Waals surface area contributed by atoms with E-state index in [-0.39, 0.29) is 0 Å². The minimum atomic E-state index is 0.326. The number of tetrazole rings is 1. The molecule has 0 saturated carbocycles. The first kappa shape index (κ1) is 14.2. The maximum absolute atomic E-state index is 3.93. The summed E-state index contributed by atoms with van der Waals surface area (Å²) in [6.45, 7) is 5.69. The predicted octanol–water partition coefficient (Wildman–Crippen LogP) is 1.26. The molecule has 21 heavy (non-hydrogen) atoms. The zero-order valence-electron chi connectivity index (χ0n) is 12.6. The topological polar surface area (TPSA) is 58.9 Å². The van der Waals surface area contributed by atoms with Crippen LogP contribution in [0.5, 0.6) is 0 Å². The van der Waals surface area contributed by atoms with Crippen molar-refractivity contribution in [2.75, 3.05) is 26.7 Å². The number of nitrogens with one attached hydrogen (secondary N) is 1. The van der Waals surface area contributed by atoms with Crippen LogP contribution in [0.1, 0.15) is 24.9 Å². The summed E-state index contributed by atoms with van der Waals surface area (Å²) in [4.78, 5) is 2.40. The van der Waals surface area contributed by atoms with E-state index in [1.54, 1.807) is 11.0 Å². The van der Waals surface area contributed by atoms with Gasteiger partial charge >= 0.3 is 0 Å². The summed E-state index contributed by atoms with van der Waals surface area (Å²) in [5.41, 5.74) is 2.25. The molecule has 1 fully saturated rings. The molecule has 2 unspecified atom stereocenters. The van der Waals surface area contributed by atoms with Crippen LogP contribution in [0.4, 0.5) is 0 Å². The Labute approximate surface area is 125 Å². The third-order valence-corrected chi connectivity index (χ3v) is 4.19. The van der Waals surface area contributed by atoms with E-state index in [1.165, 1.54) is 25.1 Å². The van der Waals surface area contributed by atoms with Gasteiger partial charge in [-0.05, 0) is 67.5 Å². The van der Waals surface area contributed by atoms with Crippen molar-refractivity contribution in [2.24, 2.45) is 5.92 Å². The molecule has 0 radical (unpaired) electrons. The Morgan fingerprint density at radius 1 is 1.43 bits per heavy atom. The van der Waals surface area contributed by atoms with Gasteiger partial charge in [0, 0.05) is 12.6 Å². The standard InChI is InChI=1S/C15H22N6/c1-12(16-9-13-6-7-20(2)10-13)14-4-3-5-15(8-14)21-11-17-18-19-21/h3-5,8,11-13,16H,6-7,9-10H2,1-2H3. The molecule has 0 bridgehead atoms. The lowest BCUT2D eigenvalue weighted by atomic mass is 10.1. The van der Waals surface area contributed by atoms with Crippen LogP contribution in [0, 0.1) is 5.92 Å². The van der Waals surface area contributed by atoms with Gasteiger partial charge in [0.1, 0.15) is 6.33 Å². The lowest BCUT2D eigenvalue weighted by molar-refractivity contribution is 0.382. The summed E-state index contributed by atoms with van der Waals surface area (Å²) in [7, 11) is 2.19. The van der Waals surface area contributed by atoms with Gasteiger partial charge in [0.2, 0.25) is 0 Å². The van der Waals surface area contributed by atoms with Crippen LogP contribution in [0.25, 0.3) is 5.69 Å². The number of nitrogens with zero attached hydrogens (tertiary/aromatic N) is 5. The Balaban J connectivity index is 1.62. The van der Waals surface area contributed by atoms with Crippen LogP contribution in [-0.2, 0) is 0 Å². The zero-order valence-corrected chi connectivity index (χ0v) is 12.6. The summed E-state index contributed by atoms with van der Waals surface area (Å²) in [6.07, 6.45) is 2.91. The first-order valence-electron chi connectivity index (χ1n) is 7.47. The Hall–Kier alpha value is -1.79. The molecular weight excluding hydrogens is 264 g/mol. The van der Waals surface area contributed by atoms with E-state index in [4.69, 9.17) is 0 Å². The Morgan fingerprint density at radius 3 is 3.05 bits per heavy atom. The SMILES string of the molecule is CC(NCC1CCN(C)C1)c1cccc(-n2cnnn2)c1. The van der Waals surface area contributed by atoms with E-state index in [2.05, 4.69) is 51.8 Å². The minimum Gasteiger partial charge on any atom is -0.310 e. The van der Waals surface area contributed by atoms with Gasteiger partial charge in [0.25, 0.3) is 0 Å². The van der Waals surface area contributed by atoms with Crippen LogP contribution in [-0.4, -0.2) is 51.8 Å². The van der Waals surface area contributed by atoms with Crippen LogP contribution in [0.2, 0.25) is 0 Å². The highest BCUT2D eigenvalue weighted by Crippen LogP contribution is 2.18. The van der Waals surface area contributed by atoms with E-state index < -0.39 is 0 Å². The third-order valence-electron chi connectivity index (χ3n) is 4.19. The maximum Gasteiger partial charge on any atom is 0.143 e. The molecule has 1 aliphatic rings. The Kier molecular flexibility index (Phi) is 4.26. The van der Waals surface area contributed by atoms with E-state index in [1.807, 2.05) is 12.1 Å². The molecule has 112 valence electrons. The molecule has 1 aliphatic heterocycles. The van der Waals surface area contributed by atoms with Gasteiger partial charge in [0.15, 0.2) is 0 Å². The van der Waals surface area contributed by atoms with Crippen molar-refractivity contribution >= 4 is 0 Å². The van der Waals surface area contributed by atoms with Crippen molar-refractivity contribution in [1.82, 2.24) is 30.4 Å². The largest absolute Gasteiger partial charge is 0.310 e. The molecule has 2 atom stereocenters.